The highest BCUT2D eigenvalue weighted by Crippen LogP contribution is 2.25. The zero-order valence-electron chi connectivity index (χ0n) is 11.4. The molecule has 0 spiro atoms. The Hall–Kier alpha value is -0.870. The fraction of sp³-hybridized carbons (Fsp3) is 0.600. The van der Waals surface area contributed by atoms with Crippen molar-refractivity contribution >= 4 is 11.6 Å². The van der Waals surface area contributed by atoms with Crippen LogP contribution in [0.3, 0.4) is 0 Å². The van der Waals surface area contributed by atoms with Gasteiger partial charge in [-0.2, -0.15) is 8.78 Å². The Kier molecular flexibility index (Phi) is 6.05. The third kappa shape index (κ3) is 4.91. The fourth-order valence-corrected chi connectivity index (χ4v) is 2.89. The lowest BCUT2D eigenvalue weighted by Gasteiger charge is -2.22. The molecule has 0 amide bonds. The van der Waals surface area contributed by atoms with E-state index in [1.807, 2.05) is 0 Å². The van der Waals surface area contributed by atoms with Gasteiger partial charge in [-0.15, -0.1) is 0 Å². The Morgan fingerprint density at radius 2 is 2.00 bits per heavy atom. The second-order valence-corrected chi connectivity index (χ2v) is 5.70. The first-order valence-electron chi connectivity index (χ1n) is 7.09. The highest BCUT2D eigenvalue weighted by Gasteiger charge is 2.14. The van der Waals surface area contributed by atoms with Crippen molar-refractivity contribution in [1.82, 2.24) is 5.32 Å². The van der Waals surface area contributed by atoms with Crippen LogP contribution < -0.4 is 10.1 Å². The number of alkyl halides is 2. The molecule has 0 atom stereocenters. The Balaban J connectivity index is 1.88. The van der Waals surface area contributed by atoms with Gasteiger partial charge in [-0.25, -0.2) is 0 Å². The van der Waals surface area contributed by atoms with E-state index in [9.17, 15) is 8.78 Å². The maximum Gasteiger partial charge on any atom is 0.387 e. The summed E-state index contributed by atoms with van der Waals surface area (Å²) in [5, 5.41) is 3.86. The number of nitrogens with one attached hydrogen (secondary N) is 1. The predicted molar refractivity (Wildman–Crippen MR) is 76.4 cm³/mol. The molecule has 0 saturated heterocycles. The van der Waals surface area contributed by atoms with Crippen molar-refractivity contribution in [3.05, 3.63) is 28.8 Å². The third-order valence-electron chi connectivity index (χ3n) is 3.71. The lowest BCUT2D eigenvalue weighted by Crippen LogP contribution is -2.24. The highest BCUT2D eigenvalue weighted by molar-refractivity contribution is 6.30. The Morgan fingerprint density at radius 1 is 1.25 bits per heavy atom. The monoisotopic (exact) mass is 303 g/mol. The van der Waals surface area contributed by atoms with Crippen molar-refractivity contribution in [3.63, 3.8) is 0 Å². The molecule has 0 aromatic heterocycles. The summed E-state index contributed by atoms with van der Waals surface area (Å²) < 4.78 is 29.2. The average molecular weight is 304 g/mol. The van der Waals surface area contributed by atoms with Crippen molar-refractivity contribution < 1.29 is 13.5 Å². The van der Waals surface area contributed by atoms with Crippen LogP contribution in [0.25, 0.3) is 0 Å². The largest absolute Gasteiger partial charge is 0.434 e. The fourth-order valence-electron chi connectivity index (χ4n) is 2.70. The minimum absolute atomic E-state index is 0.195. The summed E-state index contributed by atoms with van der Waals surface area (Å²) in [5.74, 6) is 0.892. The van der Waals surface area contributed by atoms with E-state index in [1.54, 1.807) is 12.1 Å². The molecule has 2 rings (SSSR count). The maximum absolute atomic E-state index is 12.3. The molecule has 1 aliphatic carbocycles. The van der Waals surface area contributed by atoms with E-state index in [2.05, 4.69) is 10.1 Å². The average Bonchev–Trinajstić information content (AvgIpc) is 2.42. The van der Waals surface area contributed by atoms with E-state index < -0.39 is 6.61 Å². The van der Waals surface area contributed by atoms with Crippen LogP contribution in [-0.4, -0.2) is 13.2 Å². The van der Waals surface area contributed by atoms with Crippen molar-refractivity contribution in [3.8, 4) is 5.75 Å². The lowest BCUT2D eigenvalue weighted by atomic mass is 9.89. The molecule has 1 fully saturated rings. The van der Waals surface area contributed by atoms with E-state index in [0.29, 0.717) is 23.0 Å². The number of rotatable bonds is 6. The zero-order valence-corrected chi connectivity index (χ0v) is 12.1. The van der Waals surface area contributed by atoms with E-state index in [-0.39, 0.29) is 5.75 Å². The topological polar surface area (TPSA) is 21.3 Å². The van der Waals surface area contributed by atoms with Crippen LogP contribution in [0.2, 0.25) is 5.02 Å². The summed E-state index contributed by atoms with van der Waals surface area (Å²) in [6, 6.07) is 4.73. The summed E-state index contributed by atoms with van der Waals surface area (Å²) in [6.07, 6.45) is 6.43. The number of hydrogen-bond acceptors (Lipinski definition) is 2. The zero-order chi connectivity index (χ0) is 14.4. The van der Waals surface area contributed by atoms with Gasteiger partial charge in [-0.3, -0.25) is 0 Å². The van der Waals surface area contributed by atoms with Gasteiger partial charge in [-0.1, -0.05) is 30.9 Å². The lowest BCUT2D eigenvalue weighted by molar-refractivity contribution is -0.0505. The molecule has 5 heteroatoms. The Labute approximate surface area is 123 Å². The first kappa shape index (κ1) is 15.5. The molecule has 0 aliphatic heterocycles. The minimum Gasteiger partial charge on any atom is -0.434 e. The van der Waals surface area contributed by atoms with Crippen LogP contribution in [0.5, 0.6) is 5.75 Å². The molecule has 1 aromatic rings. The first-order chi connectivity index (χ1) is 9.65. The summed E-state index contributed by atoms with van der Waals surface area (Å²) in [4.78, 5) is 0. The number of halogens is 3. The van der Waals surface area contributed by atoms with Crippen molar-refractivity contribution in [2.45, 2.75) is 45.3 Å². The van der Waals surface area contributed by atoms with Crippen molar-refractivity contribution in [1.29, 1.82) is 0 Å². The standard InChI is InChI=1S/C15H20ClF2NO/c16-13-6-7-14(20-15(17)18)12(8-13)10-19-9-11-4-2-1-3-5-11/h6-8,11,15,19H,1-5,9-10H2. The third-order valence-corrected chi connectivity index (χ3v) is 3.95. The van der Waals surface area contributed by atoms with Gasteiger partial charge in [0.25, 0.3) is 0 Å². The molecule has 1 N–H and O–H groups in total. The highest BCUT2D eigenvalue weighted by atomic mass is 35.5. The second-order valence-electron chi connectivity index (χ2n) is 5.27. The van der Waals surface area contributed by atoms with Gasteiger partial charge >= 0.3 is 6.61 Å². The smallest absolute Gasteiger partial charge is 0.387 e. The van der Waals surface area contributed by atoms with Gasteiger partial charge in [0.15, 0.2) is 0 Å². The summed E-state index contributed by atoms with van der Waals surface area (Å²) in [5.41, 5.74) is 0.675. The molecule has 1 aromatic carbocycles. The van der Waals surface area contributed by atoms with E-state index >= 15 is 0 Å². The second kappa shape index (κ2) is 7.79. The molecule has 1 saturated carbocycles. The van der Waals surface area contributed by atoms with Gasteiger partial charge in [0.05, 0.1) is 0 Å². The SMILES string of the molecule is FC(F)Oc1ccc(Cl)cc1CNCC1CCCCC1. The van der Waals surface area contributed by atoms with Crippen LogP contribution in [0, 0.1) is 5.92 Å². The Morgan fingerprint density at radius 3 is 2.70 bits per heavy atom. The summed E-state index contributed by atoms with van der Waals surface area (Å²) >= 11 is 5.91. The number of hydrogen-bond donors (Lipinski definition) is 1. The van der Waals surface area contributed by atoms with Gasteiger partial charge in [0.1, 0.15) is 5.75 Å². The van der Waals surface area contributed by atoms with Crippen molar-refractivity contribution in [2.75, 3.05) is 6.54 Å². The van der Waals surface area contributed by atoms with Crippen molar-refractivity contribution in [2.24, 2.45) is 5.92 Å². The van der Waals surface area contributed by atoms with Gasteiger partial charge in [0.2, 0.25) is 0 Å². The Bertz CT molecular complexity index is 422. The first-order valence-corrected chi connectivity index (χ1v) is 7.47. The normalized spacial score (nSPS) is 16.6. The molecule has 0 unspecified atom stereocenters. The molecule has 20 heavy (non-hydrogen) atoms. The maximum atomic E-state index is 12.3. The molecule has 0 bridgehead atoms. The van der Waals surface area contributed by atoms with E-state index in [0.717, 1.165) is 6.54 Å². The summed E-state index contributed by atoms with van der Waals surface area (Å²) in [6.45, 7) is -1.40. The molecule has 2 nitrogen and oxygen atoms in total. The number of ether oxygens (including phenoxy) is 1. The molecule has 0 radical (unpaired) electrons. The van der Waals surface area contributed by atoms with E-state index in [1.165, 1.54) is 38.2 Å². The van der Waals surface area contributed by atoms with Crippen LogP contribution in [0.4, 0.5) is 8.78 Å². The van der Waals surface area contributed by atoms with Crippen LogP contribution in [0.1, 0.15) is 37.7 Å². The molecular formula is C15H20ClF2NO. The van der Waals surface area contributed by atoms with Gasteiger partial charge in [0, 0.05) is 17.1 Å². The van der Waals surface area contributed by atoms with Gasteiger partial charge in [-0.05, 0) is 43.5 Å². The molecule has 112 valence electrons. The van der Waals surface area contributed by atoms with Crippen LogP contribution >= 0.6 is 11.6 Å². The molecule has 0 heterocycles. The molecule has 1 aliphatic rings. The van der Waals surface area contributed by atoms with Crippen LogP contribution in [0.15, 0.2) is 18.2 Å². The minimum atomic E-state index is -2.81. The van der Waals surface area contributed by atoms with Gasteiger partial charge < -0.3 is 10.1 Å². The summed E-state index contributed by atoms with van der Waals surface area (Å²) in [7, 11) is 0. The molecular weight excluding hydrogens is 284 g/mol. The predicted octanol–water partition coefficient (Wildman–Crippen LogP) is 4.61. The van der Waals surface area contributed by atoms with E-state index in [4.69, 9.17) is 11.6 Å². The quantitative estimate of drug-likeness (QED) is 0.828. The number of benzene rings is 1. The van der Waals surface area contributed by atoms with Crippen LogP contribution in [-0.2, 0) is 6.54 Å².